The summed E-state index contributed by atoms with van der Waals surface area (Å²) < 4.78 is 0. The normalized spacial score (nSPS) is 10.1. The number of carbonyl (C=O) groups excluding carboxylic acids is 1. The minimum atomic E-state index is -1.46. The molecule has 0 fully saturated rings. The van der Waals surface area contributed by atoms with Crippen LogP contribution in [0.4, 0.5) is 0 Å². The monoisotopic (exact) mass is 146 g/mol. The van der Waals surface area contributed by atoms with Crippen molar-refractivity contribution in [3.63, 3.8) is 0 Å². The van der Waals surface area contributed by atoms with Crippen molar-refractivity contribution in [2.75, 3.05) is 0 Å². The first-order chi connectivity index (χ1) is 4.13. The summed E-state index contributed by atoms with van der Waals surface area (Å²) in [7, 11) is -1.46. The summed E-state index contributed by atoms with van der Waals surface area (Å²) >= 11 is 0.920. The maximum absolute atomic E-state index is 10.2. The van der Waals surface area contributed by atoms with Gasteiger partial charge in [0.15, 0.2) is 5.12 Å². The largest absolute Gasteiger partial charge is 0.481 e. The fourth-order valence-corrected chi connectivity index (χ4v) is 0.616. The van der Waals surface area contributed by atoms with E-state index in [-0.39, 0.29) is 5.12 Å². The van der Waals surface area contributed by atoms with Gasteiger partial charge in [-0.15, -0.1) is 0 Å². The Hall–Kier alpha value is -0.255. The SMILES string of the molecule is CC(=O)S/C=C/B(O)O. The van der Waals surface area contributed by atoms with Crippen LogP contribution in [0.1, 0.15) is 6.92 Å². The molecule has 0 aliphatic carbocycles. The van der Waals surface area contributed by atoms with Gasteiger partial charge in [0.25, 0.3) is 0 Å². The van der Waals surface area contributed by atoms with Crippen LogP contribution < -0.4 is 0 Å². The van der Waals surface area contributed by atoms with Gasteiger partial charge >= 0.3 is 7.12 Å². The minimum absolute atomic E-state index is 0.0769. The van der Waals surface area contributed by atoms with Gasteiger partial charge in [-0.3, -0.25) is 4.79 Å². The predicted octanol–water partition coefficient (Wildman–Crippen LogP) is -0.208. The van der Waals surface area contributed by atoms with Gasteiger partial charge in [-0.2, -0.15) is 0 Å². The minimum Gasteiger partial charge on any atom is -0.424 e. The van der Waals surface area contributed by atoms with E-state index in [4.69, 9.17) is 10.0 Å². The molecule has 0 aliphatic heterocycles. The van der Waals surface area contributed by atoms with Crippen molar-refractivity contribution in [1.29, 1.82) is 0 Å². The lowest BCUT2D eigenvalue weighted by molar-refractivity contribution is -0.109. The summed E-state index contributed by atoms with van der Waals surface area (Å²) in [6.07, 6.45) is 0. The highest BCUT2D eigenvalue weighted by atomic mass is 32.2. The standard InChI is InChI=1S/C4H7BO3S/c1-4(6)9-3-2-5(7)8/h2-3,7-8H,1H3/b3-2+. The molecule has 0 saturated carbocycles. The molecule has 0 aromatic rings. The Morgan fingerprint density at radius 3 is 2.56 bits per heavy atom. The lowest BCUT2D eigenvalue weighted by Crippen LogP contribution is -2.05. The van der Waals surface area contributed by atoms with Gasteiger partial charge in [0.05, 0.1) is 0 Å². The van der Waals surface area contributed by atoms with Crippen LogP contribution in [0.2, 0.25) is 0 Å². The first kappa shape index (κ1) is 8.74. The van der Waals surface area contributed by atoms with Crippen molar-refractivity contribution in [3.8, 4) is 0 Å². The van der Waals surface area contributed by atoms with Gasteiger partial charge in [0.2, 0.25) is 0 Å². The van der Waals surface area contributed by atoms with Crippen molar-refractivity contribution in [3.05, 3.63) is 11.4 Å². The molecule has 0 heterocycles. The smallest absolute Gasteiger partial charge is 0.424 e. The molecule has 5 heteroatoms. The molecular weight excluding hydrogens is 139 g/mol. The highest BCUT2D eigenvalue weighted by molar-refractivity contribution is 8.16. The van der Waals surface area contributed by atoms with E-state index >= 15 is 0 Å². The summed E-state index contributed by atoms with van der Waals surface area (Å²) in [4.78, 5) is 10.2. The number of hydrogen-bond donors (Lipinski definition) is 2. The topological polar surface area (TPSA) is 57.5 Å². The second-order valence-electron chi connectivity index (χ2n) is 1.35. The Labute approximate surface area is 57.9 Å². The van der Waals surface area contributed by atoms with Crippen molar-refractivity contribution in [2.45, 2.75) is 6.92 Å². The number of carbonyl (C=O) groups is 1. The Kier molecular flexibility index (Phi) is 4.48. The summed E-state index contributed by atoms with van der Waals surface area (Å²) in [5.74, 6) is 1.12. The van der Waals surface area contributed by atoms with E-state index in [0.717, 1.165) is 17.7 Å². The van der Waals surface area contributed by atoms with E-state index in [1.807, 2.05) is 0 Å². The van der Waals surface area contributed by atoms with E-state index in [2.05, 4.69) is 0 Å². The molecule has 0 rings (SSSR count). The fourth-order valence-electron chi connectivity index (χ4n) is 0.205. The molecule has 2 N–H and O–H groups in total. The molecule has 0 aromatic heterocycles. The molecule has 0 saturated heterocycles. The number of hydrogen-bond acceptors (Lipinski definition) is 4. The van der Waals surface area contributed by atoms with Gasteiger partial charge in [-0.1, -0.05) is 11.8 Å². The lowest BCUT2D eigenvalue weighted by Gasteiger charge is -1.84. The van der Waals surface area contributed by atoms with Gasteiger partial charge in [-0.25, -0.2) is 0 Å². The average molecular weight is 146 g/mol. The third-order valence-corrected chi connectivity index (χ3v) is 1.11. The molecule has 3 nitrogen and oxygen atoms in total. The highest BCUT2D eigenvalue weighted by Gasteiger charge is 1.97. The van der Waals surface area contributed by atoms with Gasteiger partial charge < -0.3 is 10.0 Å². The second-order valence-corrected chi connectivity index (χ2v) is 2.43. The first-order valence-corrected chi connectivity index (χ1v) is 3.21. The van der Waals surface area contributed by atoms with Gasteiger partial charge in [0, 0.05) is 6.92 Å². The van der Waals surface area contributed by atoms with Crippen LogP contribution in [0.3, 0.4) is 0 Å². The third-order valence-electron chi connectivity index (χ3n) is 0.485. The third kappa shape index (κ3) is 7.74. The highest BCUT2D eigenvalue weighted by Crippen LogP contribution is 2.01. The second kappa shape index (κ2) is 4.61. The van der Waals surface area contributed by atoms with Gasteiger partial charge in [0.1, 0.15) is 0 Å². The summed E-state index contributed by atoms with van der Waals surface area (Å²) in [6, 6.07) is 0. The molecule has 0 spiro atoms. The summed E-state index contributed by atoms with van der Waals surface area (Å²) in [5.41, 5.74) is 0. The van der Waals surface area contributed by atoms with Crippen LogP contribution in [0.25, 0.3) is 0 Å². The van der Waals surface area contributed by atoms with Crippen molar-refractivity contribution in [2.24, 2.45) is 0 Å². The van der Waals surface area contributed by atoms with Crippen LogP contribution in [0, 0.1) is 0 Å². The fraction of sp³-hybridized carbons (Fsp3) is 0.250. The summed E-state index contributed by atoms with van der Waals surface area (Å²) in [6.45, 7) is 1.40. The molecule has 0 aromatic carbocycles. The van der Waals surface area contributed by atoms with E-state index in [0.29, 0.717) is 0 Å². The van der Waals surface area contributed by atoms with Crippen LogP contribution >= 0.6 is 11.8 Å². The zero-order chi connectivity index (χ0) is 7.28. The molecule has 9 heavy (non-hydrogen) atoms. The van der Waals surface area contributed by atoms with Crippen LogP contribution in [0.5, 0.6) is 0 Å². The maximum atomic E-state index is 10.2. The zero-order valence-corrected chi connectivity index (χ0v) is 5.76. The van der Waals surface area contributed by atoms with E-state index in [9.17, 15) is 4.79 Å². The molecule has 0 radical (unpaired) electrons. The quantitative estimate of drug-likeness (QED) is 0.529. The van der Waals surface area contributed by atoms with E-state index in [1.54, 1.807) is 0 Å². The van der Waals surface area contributed by atoms with Crippen LogP contribution in [-0.4, -0.2) is 22.3 Å². The number of rotatable bonds is 2. The first-order valence-electron chi connectivity index (χ1n) is 2.33. The Morgan fingerprint density at radius 2 is 2.22 bits per heavy atom. The average Bonchev–Trinajstić information content (AvgIpc) is 1.63. The van der Waals surface area contributed by atoms with Crippen molar-refractivity contribution < 1.29 is 14.8 Å². The van der Waals surface area contributed by atoms with Crippen molar-refractivity contribution in [1.82, 2.24) is 0 Å². The van der Waals surface area contributed by atoms with Crippen LogP contribution in [0.15, 0.2) is 11.4 Å². The molecule has 0 amide bonds. The van der Waals surface area contributed by atoms with Gasteiger partial charge in [-0.05, 0) is 11.4 Å². The van der Waals surface area contributed by atoms with E-state index < -0.39 is 7.12 Å². The van der Waals surface area contributed by atoms with Crippen LogP contribution in [-0.2, 0) is 4.79 Å². The summed E-state index contributed by atoms with van der Waals surface area (Å²) in [5, 5.41) is 17.7. The number of thioether (sulfide) groups is 1. The van der Waals surface area contributed by atoms with Crippen molar-refractivity contribution >= 4 is 24.0 Å². The Morgan fingerprint density at radius 1 is 1.67 bits per heavy atom. The molecular formula is C4H7BO3S. The van der Waals surface area contributed by atoms with E-state index in [1.165, 1.54) is 12.3 Å². The molecule has 0 atom stereocenters. The maximum Gasteiger partial charge on any atom is 0.481 e. The lowest BCUT2D eigenvalue weighted by atomic mass is 9.94. The zero-order valence-electron chi connectivity index (χ0n) is 4.94. The molecule has 0 bridgehead atoms. The molecule has 50 valence electrons. The molecule has 0 aliphatic rings. The Balaban J connectivity index is 3.36. The predicted molar refractivity (Wildman–Crippen MR) is 37.6 cm³/mol. The Bertz CT molecular complexity index is 123. The molecule has 0 unspecified atom stereocenters.